The van der Waals surface area contributed by atoms with Crippen molar-refractivity contribution in [3.63, 3.8) is 0 Å². The number of fused-ring (bicyclic) bond motifs is 1. The van der Waals surface area contributed by atoms with Crippen molar-refractivity contribution in [1.82, 2.24) is 9.97 Å². The Morgan fingerprint density at radius 3 is 2.60 bits per heavy atom. The van der Waals surface area contributed by atoms with Crippen molar-refractivity contribution in [2.24, 2.45) is 0 Å². The van der Waals surface area contributed by atoms with E-state index in [4.69, 9.17) is 5.73 Å². The zero-order valence-electron chi connectivity index (χ0n) is 10.3. The van der Waals surface area contributed by atoms with E-state index in [2.05, 4.69) is 9.97 Å². The number of nitrogen functional groups attached to an aromatic ring is 1. The van der Waals surface area contributed by atoms with E-state index in [1.165, 1.54) is 6.20 Å². The lowest BCUT2D eigenvalue weighted by molar-refractivity contribution is 0.634. The number of nitrogens with zero attached hydrogens (tertiary/aromatic N) is 3. The minimum Gasteiger partial charge on any atom is -0.383 e. The van der Waals surface area contributed by atoms with Gasteiger partial charge in [-0.05, 0) is 5.56 Å². The zero-order chi connectivity index (χ0) is 14.1. The fourth-order valence-corrected chi connectivity index (χ4v) is 2.20. The molecule has 0 spiro atoms. The van der Waals surface area contributed by atoms with Gasteiger partial charge < -0.3 is 5.73 Å². The lowest BCUT2D eigenvalue weighted by Gasteiger charge is -2.11. The molecule has 0 saturated heterocycles. The van der Waals surface area contributed by atoms with E-state index >= 15 is 0 Å². The first-order valence-corrected chi connectivity index (χ1v) is 5.90. The highest BCUT2D eigenvalue weighted by Crippen LogP contribution is 2.34. The molecule has 0 aliphatic heterocycles. The molecule has 5 heteroatoms. The third-order valence-electron chi connectivity index (χ3n) is 3.05. The Balaban J connectivity index is 2.53. The van der Waals surface area contributed by atoms with Crippen molar-refractivity contribution in [3.8, 4) is 17.2 Å². The van der Waals surface area contributed by atoms with Crippen molar-refractivity contribution in [1.29, 1.82) is 5.26 Å². The molecule has 0 atom stereocenters. The molecule has 2 N–H and O–H groups in total. The number of hydrogen-bond donors (Lipinski definition) is 1. The lowest BCUT2D eigenvalue weighted by atomic mass is 9.97. The summed E-state index contributed by atoms with van der Waals surface area (Å²) in [7, 11) is 0. The van der Waals surface area contributed by atoms with Crippen LogP contribution in [0.5, 0.6) is 0 Å². The van der Waals surface area contributed by atoms with Crippen LogP contribution in [-0.2, 0) is 0 Å². The van der Waals surface area contributed by atoms with Crippen LogP contribution in [-0.4, -0.2) is 9.97 Å². The van der Waals surface area contributed by atoms with Crippen LogP contribution >= 0.6 is 0 Å². The summed E-state index contributed by atoms with van der Waals surface area (Å²) in [6.07, 6.45) is 2.54. The average Bonchev–Trinajstić information content (AvgIpc) is 2.47. The molecule has 4 nitrogen and oxygen atoms in total. The Labute approximate surface area is 114 Å². The normalized spacial score (nSPS) is 10.4. The summed E-state index contributed by atoms with van der Waals surface area (Å²) in [4.78, 5) is 7.81. The molecule has 0 bridgehead atoms. The minimum atomic E-state index is -0.523. The van der Waals surface area contributed by atoms with Gasteiger partial charge in [-0.15, -0.1) is 0 Å². The number of nitriles is 1. The number of anilines is 1. The van der Waals surface area contributed by atoms with Crippen molar-refractivity contribution in [2.75, 3.05) is 5.73 Å². The molecule has 3 aromatic rings. The Morgan fingerprint density at radius 1 is 1.15 bits per heavy atom. The largest absolute Gasteiger partial charge is 0.383 e. The molecular weight excluding hydrogens is 255 g/mol. The molecule has 0 aliphatic rings. The summed E-state index contributed by atoms with van der Waals surface area (Å²) in [6.45, 7) is 0. The number of rotatable bonds is 1. The standard InChI is InChI=1S/C15H9FN4/c16-11-7-19-8-12-14(11)13(9-4-2-1-3-5-9)10(6-17)15(18)20-12/h1-5,7-8H,(H2,18,20). The quantitative estimate of drug-likeness (QED) is 0.733. The van der Waals surface area contributed by atoms with Crippen molar-refractivity contribution < 1.29 is 4.39 Å². The van der Waals surface area contributed by atoms with E-state index in [0.29, 0.717) is 16.6 Å². The van der Waals surface area contributed by atoms with Gasteiger partial charge in [-0.3, -0.25) is 4.98 Å². The Morgan fingerprint density at radius 2 is 1.90 bits per heavy atom. The van der Waals surface area contributed by atoms with Gasteiger partial charge in [-0.1, -0.05) is 30.3 Å². The maximum absolute atomic E-state index is 14.1. The first-order valence-electron chi connectivity index (χ1n) is 5.90. The minimum absolute atomic E-state index is 0.0752. The molecule has 0 saturated carbocycles. The molecule has 0 aliphatic carbocycles. The second-order valence-corrected chi connectivity index (χ2v) is 4.24. The molecule has 0 unspecified atom stereocenters. The Kier molecular flexibility index (Phi) is 2.77. The van der Waals surface area contributed by atoms with Gasteiger partial charge >= 0.3 is 0 Å². The second-order valence-electron chi connectivity index (χ2n) is 4.24. The van der Waals surface area contributed by atoms with E-state index in [9.17, 15) is 9.65 Å². The Bertz CT molecular complexity index is 838. The number of hydrogen-bond acceptors (Lipinski definition) is 4. The number of benzene rings is 1. The van der Waals surface area contributed by atoms with Crippen molar-refractivity contribution >= 4 is 16.7 Å². The highest BCUT2D eigenvalue weighted by molar-refractivity contribution is 5.99. The fourth-order valence-electron chi connectivity index (χ4n) is 2.20. The fraction of sp³-hybridized carbons (Fsp3) is 0. The first kappa shape index (κ1) is 12.1. The average molecular weight is 264 g/mol. The molecule has 20 heavy (non-hydrogen) atoms. The van der Waals surface area contributed by atoms with Crippen LogP contribution in [0.25, 0.3) is 22.0 Å². The van der Waals surface area contributed by atoms with Gasteiger partial charge in [-0.2, -0.15) is 5.26 Å². The van der Waals surface area contributed by atoms with Gasteiger partial charge in [0.15, 0.2) is 5.82 Å². The SMILES string of the molecule is N#Cc1c(N)nc2cncc(F)c2c1-c1ccccc1. The molecule has 0 radical (unpaired) electrons. The van der Waals surface area contributed by atoms with Gasteiger partial charge in [-0.25, -0.2) is 9.37 Å². The van der Waals surface area contributed by atoms with Crippen LogP contribution < -0.4 is 5.73 Å². The first-order chi connectivity index (χ1) is 9.72. The lowest BCUT2D eigenvalue weighted by Crippen LogP contribution is -2.01. The highest BCUT2D eigenvalue weighted by atomic mass is 19.1. The van der Waals surface area contributed by atoms with E-state index in [0.717, 1.165) is 6.20 Å². The maximum Gasteiger partial charge on any atom is 0.151 e. The summed E-state index contributed by atoms with van der Waals surface area (Å²) in [5.41, 5.74) is 7.48. The molecule has 96 valence electrons. The smallest absolute Gasteiger partial charge is 0.151 e. The van der Waals surface area contributed by atoms with Gasteiger partial charge in [0.1, 0.15) is 17.5 Å². The molecule has 3 rings (SSSR count). The third kappa shape index (κ3) is 1.75. The van der Waals surface area contributed by atoms with E-state index in [-0.39, 0.29) is 16.8 Å². The van der Waals surface area contributed by atoms with Crippen LogP contribution in [0.15, 0.2) is 42.7 Å². The molecular formula is C15H9FN4. The van der Waals surface area contributed by atoms with Gasteiger partial charge in [0.05, 0.1) is 17.9 Å². The zero-order valence-corrected chi connectivity index (χ0v) is 10.3. The number of halogens is 1. The third-order valence-corrected chi connectivity index (χ3v) is 3.05. The number of pyridine rings is 2. The summed E-state index contributed by atoms with van der Waals surface area (Å²) >= 11 is 0. The molecule has 0 fully saturated rings. The number of nitrogens with two attached hydrogens (primary N) is 1. The summed E-state index contributed by atoms with van der Waals surface area (Å²) in [6, 6.07) is 11.1. The van der Waals surface area contributed by atoms with Gasteiger partial charge in [0.25, 0.3) is 0 Å². The van der Waals surface area contributed by atoms with Crippen LogP contribution in [0.3, 0.4) is 0 Å². The van der Waals surface area contributed by atoms with Crippen LogP contribution in [0.4, 0.5) is 10.2 Å². The second kappa shape index (κ2) is 4.59. The van der Waals surface area contributed by atoms with E-state index in [1.54, 1.807) is 12.1 Å². The van der Waals surface area contributed by atoms with Gasteiger partial charge in [0, 0.05) is 10.9 Å². The predicted octanol–water partition coefficient (Wildman–Crippen LogP) is 2.89. The summed E-state index contributed by atoms with van der Waals surface area (Å²) in [5, 5.41) is 9.56. The van der Waals surface area contributed by atoms with E-state index < -0.39 is 5.82 Å². The maximum atomic E-state index is 14.1. The monoisotopic (exact) mass is 264 g/mol. The topological polar surface area (TPSA) is 75.6 Å². The van der Waals surface area contributed by atoms with Crippen molar-refractivity contribution in [3.05, 3.63) is 54.1 Å². The molecule has 2 heterocycles. The van der Waals surface area contributed by atoms with Crippen LogP contribution in [0.1, 0.15) is 5.56 Å². The van der Waals surface area contributed by atoms with Gasteiger partial charge in [0.2, 0.25) is 0 Å². The molecule has 1 aromatic carbocycles. The predicted molar refractivity (Wildman–Crippen MR) is 74.1 cm³/mol. The summed E-state index contributed by atoms with van der Waals surface area (Å²) < 4.78 is 14.1. The molecule has 2 aromatic heterocycles. The molecule has 0 amide bonds. The van der Waals surface area contributed by atoms with Crippen LogP contribution in [0, 0.1) is 17.1 Å². The number of aromatic nitrogens is 2. The van der Waals surface area contributed by atoms with E-state index in [1.807, 2.05) is 24.3 Å². The van der Waals surface area contributed by atoms with Crippen molar-refractivity contribution in [2.45, 2.75) is 0 Å². The highest BCUT2D eigenvalue weighted by Gasteiger charge is 2.17. The summed E-state index contributed by atoms with van der Waals surface area (Å²) in [5.74, 6) is -0.448. The van der Waals surface area contributed by atoms with Crippen LogP contribution in [0.2, 0.25) is 0 Å². The Hall–Kier alpha value is -3.00.